The van der Waals surface area contributed by atoms with Crippen molar-refractivity contribution >= 4 is 10.0 Å². The van der Waals surface area contributed by atoms with Gasteiger partial charge in [0.05, 0.1) is 12.4 Å². The first kappa shape index (κ1) is 12.9. The second-order valence-corrected chi connectivity index (χ2v) is 5.38. The molecule has 0 spiro atoms. The third-order valence-electron chi connectivity index (χ3n) is 1.61. The molecule has 0 saturated carbocycles. The lowest BCUT2D eigenvalue weighted by Crippen LogP contribution is -2.39. The predicted octanol–water partition coefficient (Wildman–Crippen LogP) is 0.333. The SMILES string of the molecule is CC[C@@H](CO)NS(=O)(=O)CC(C)C. The highest BCUT2D eigenvalue weighted by Crippen LogP contribution is 2.00. The highest BCUT2D eigenvalue weighted by Gasteiger charge is 2.16. The van der Waals surface area contributed by atoms with E-state index in [0.717, 1.165) is 0 Å². The van der Waals surface area contributed by atoms with Crippen molar-refractivity contribution in [3.8, 4) is 0 Å². The number of rotatable bonds is 6. The first-order valence-electron chi connectivity index (χ1n) is 4.52. The highest BCUT2D eigenvalue weighted by molar-refractivity contribution is 7.89. The van der Waals surface area contributed by atoms with Crippen LogP contribution in [0.3, 0.4) is 0 Å². The molecule has 0 aliphatic rings. The number of sulfonamides is 1. The van der Waals surface area contributed by atoms with Crippen LogP contribution >= 0.6 is 0 Å². The Morgan fingerprint density at radius 2 is 1.92 bits per heavy atom. The van der Waals surface area contributed by atoms with E-state index in [0.29, 0.717) is 6.42 Å². The smallest absolute Gasteiger partial charge is 0.212 e. The fraction of sp³-hybridized carbons (Fsp3) is 1.00. The minimum absolute atomic E-state index is 0.105. The number of hydrogen-bond acceptors (Lipinski definition) is 3. The van der Waals surface area contributed by atoms with Gasteiger partial charge in [-0.2, -0.15) is 0 Å². The van der Waals surface area contributed by atoms with E-state index < -0.39 is 10.0 Å². The molecule has 0 fully saturated rings. The van der Waals surface area contributed by atoms with Gasteiger partial charge in [-0.15, -0.1) is 0 Å². The third kappa shape index (κ3) is 6.01. The van der Waals surface area contributed by atoms with Crippen LogP contribution in [0.4, 0.5) is 0 Å². The van der Waals surface area contributed by atoms with Crippen LogP contribution in [0.2, 0.25) is 0 Å². The van der Waals surface area contributed by atoms with Crippen molar-refractivity contribution < 1.29 is 13.5 Å². The first-order chi connectivity index (χ1) is 5.91. The van der Waals surface area contributed by atoms with Crippen LogP contribution in [-0.2, 0) is 10.0 Å². The molecule has 0 aliphatic heterocycles. The van der Waals surface area contributed by atoms with Crippen LogP contribution in [0, 0.1) is 5.92 Å². The van der Waals surface area contributed by atoms with Gasteiger partial charge in [0.25, 0.3) is 0 Å². The van der Waals surface area contributed by atoms with Crippen LogP contribution in [-0.4, -0.2) is 31.9 Å². The fourth-order valence-electron chi connectivity index (χ4n) is 0.991. The average Bonchev–Trinajstić information content (AvgIpc) is 1.97. The Kier molecular flexibility index (Phi) is 5.51. The van der Waals surface area contributed by atoms with Crippen molar-refractivity contribution in [3.63, 3.8) is 0 Å². The lowest BCUT2D eigenvalue weighted by atomic mass is 10.3. The molecule has 0 heterocycles. The van der Waals surface area contributed by atoms with E-state index in [-0.39, 0.29) is 24.3 Å². The second-order valence-electron chi connectivity index (χ2n) is 3.58. The van der Waals surface area contributed by atoms with E-state index in [9.17, 15) is 8.42 Å². The van der Waals surface area contributed by atoms with Crippen LogP contribution in [0.15, 0.2) is 0 Å². The normalized spacial score (nSPS) is 14.8. The molecule has 0 saturated heterocycles. The molecule has 5 heteroatoms. The van der Waals surface area contributed by atoms with Crippen LogP contribution < -0.4 is 4.72 Å². The molecule has 0 amide bonds. The molecule has 0 aromatic carbocycles. The van der Waals surface area contributed by atoms with Gasteiger partial charge in [-0.1, -0.05) is 20.8 Å². The third-order valence-corrected chi connectivity index (χ3v) is 3.41. The standard InChI is InChI=1S/C8H19NO3S/c1-4-8(5-10)9-13(11,12)6-7(2)3/h7-10H,4-6H2,1-3H3/t8-/m0/s1. The Bertz CT molecular complexity index is 220. The summed E-state index contributed by atoms with van der Waals surface area (Å²) in [5.41, 5.74) is 0. The summed E-state index contributed by atoms with van der Waals surface area (Å²) in [6.07, 6.45) is 0.605. The fourth-order valence-corrected chi connectivity index (χ4v) is 2.71. The average molecular weight is 209 g/mol. The molecule has 0 aromatic heterocycles. The van der Waals surface area contributed by atoms with Crippen LogP contribution in [0.5, 0.6) is 0 Å². The van der Waals surface area contributed by atoms with Crippen molar-refractivity contribution in [1.82, 2.24) is 4.72 Å². The van der Waals surface area contributed by atoms with E-state index in [1.807, 2.05) is 20.8 Å². The Labute approximate surface area is 80.4 Å². The lowest BCUT2D eigenvalue weighted by molar-refractivity contribution is 0.253. The van der Waals surface area contributed by atoms with Crippen molar-refractivity contribution in [2.24, 2.45) is 5.92 Å². The Hall–Kier alpha value is -0.130. The zero-order valence-corrected chi connectivity index (χ0v) is 9.26. The summed E-state index contributed by atoms with van der Waals surface area (Å²) in [4.78, 5) is 0. The van der Waals surface area contributed by atoms with Crippen LogP contribution in [0.1, 0.15) is 27.2 Å². The van der Waals surface area contributed by atoms with Crippen molar-refractivity contribution in [2.75, 3.05) is 12.4 Å². The summed E-state index contributed by atoms with van der Waals surface area (Å²) < 4.78 is 25.1. The minimum atomic E-state index is -3.21. The maximum Gasteiger partial charge on any atom is 0.212 e. The predicted molar refractivity (Wildman–Crippen MR) is 52.9 cm³/mol. The summed E-state index contributed by atoms with van der Waals surface area (Å²) in [6, 6.07) is -0.344. The topological polar surface area (TPSA) is 66.4 Å². The molecule has 0 unspecified atom stereocenters. The molecule has 0 aromatic rings. The molecule has 0 bridgehead atoms. The van der Waals surface area contributed by atoms with Crippen molar-refractivity contribution in [3.05, 3.63) is 0 Å². The molecule has 80 valence electrons. The quantitative estimate of drug-likeness (QED) is 0.662. The van der Waals surface area contributed by atoms with Crippen LogP contribution in [0.25, 0.3) is 0 Å². The molecular weight excluding hydrogens is 190 g/mol. The maximum atomic E-state index is 11.3. The molecule has 13 heavy (non-hydrogen) atoms. The Morgan fingerprint density at radius 1 is 1.38 bits per heavy atom. The maximum absolute atomic E-state index is 11.3. The molecule has 1 atom stereocenters. The summed E-state index contributed by atoms with van der Waals surface area (Å²) in [5.74, 6) is 0.220. The second kappa shape index (κ2) is 5.57. The lowest BCUT2D eigenvalue weighted by Gasteiger charge is -2.15. The van der Waals surface area contributed by atoms with Gasteiger partial charge in [-0.05, 0) is 12.3 Å². The summed E-state index contributed by atoms with van der Waals surface area (Å²) >= 11 is 0. The summed E-state index contributed by atoms with van der Waals surface area (Å²) in [6.45, 7) is 5.38. The van der Waals surface area contributed by atoms with Gasteiger partial charge < -0.3 is 5.11 Å². The monoisotopic (exact) mass is 209 g/mol. The van der Waals surface area contributed by atoms with Gasteiger partial charge in [0.15, 0.2) is 0 Å². The molecule has 4 nitrogen and oxygen atoms in total. The highest BCUT2D eigenvalue weighted by atomic mass is 32.2. The molecular formula is C8H19NO3S. The van der Waals surface area contributed by atoms with Crippen molar-refractivity contribution in [2.45, 2.75) is 33.2 Å². The van der Waals surface area contributed by atoms with Gasteiger partial charge in [0.1, 0.15) is 0 Å². The van der Waals surface area contributed by atoms with E-state index in [2.05, 4.69) is 4.72 Å². The number of aliphatic hydroxyl groups is 1. The van der Waals surface area contributed by atoms with Crippen molar-refractivity contribution in [1.29, 1.82) is 0 Å². The van der Waals surface area contributed by atoms with Gasteiger partial charge in [0.2, 0.25) is 10.0 Å². The van der Waals surface area contributed by atoms with Gasteiger partial charge in [-0.3, -0.25) is 0 Å². The number of aliphatic hydroxyl groups excluding tert-OH is 1. The zero-order valence-electron chi connectivity index (χ0n) is 8.45. The van der Waals surface area contributed by atoms with Gasteiger partial charge in [0, 0.05) is 6.04 Å². The van der Waals surface area contributed by atoms with E-state index in [4.69, 9.17) is 5.11 Å². The number of nitrogens with one attached hydrogen (secondary N) is 1. The van der Waals surface area contributed by atoms with Gasteiger partial charge >= 0.3 is 0 Å². The molecule has 0 aliphatic carbocycles. The Balaban J connectivity index is 4.16. The summed E-state index contributed by atoms with van der Waals surface area (Å²) in [7, 11) is -3.21. The largest absolute Gasteiger partial charge is 0.395 e. The minimum Gasteiger partial charge on any atom is -0.395 e. The van der Waals surface area contributed by atoms with Gasteiger partial charge in [-0.25, -0.2) is 13.1 Å². The summed E-state index contributed by atoms with van der Waals surface area (Å²) in [5, 5.41) is 8.80. The number of hydrogen-bond donors (Lipinski definition) is 2. The van der Waals surface area contributed by atoms with E-state index in [1.54, 1.807) is 0 Å². The zero-order chi connectivity index (χ0) is 10.5. The Morgan fingerprint density at radius 3 is 2.23 bits per heavy atom. The molecule has 0 rings (SSSR count). The van der Waals surface area contributed by atoms with E-state index in [1.165, 1.54) is 0 Å². The van der Waals surface area contributed by atoms with E-state index >= 15 is 0 Å². The first-order valence-corrected chi connectivity index (χ1v) is 6.17. The molecule has 0 radical (unpaired) electrons. The molecule has 2 N–H and O–H groups in total.